The summed E-state index contributed by atoms with van der Waals surface area (Å²) in [5.41, 5.74) is -0.421. The molecule has 0 aliphatic carbocycles. The second-order valence-corrected chi connectivity index (χ2v) is 3.88. The van der Waals surface area contributed by atoms with Crippen molar-refractivity contribution in [2.45, 2.75) is 19.8 Å². The van der Waals surface area contributed by atoms with Gasteiger partial charge in [-0.2, -0.15) is 0 Å². The van der Waals surface area contributed by atoms with Crippen molar-refractivity contribution in [1.82, 2.24) is 4.98 Å². The maximum atomic E-state index is 12.4. The number of nitrogens with zero attached hydrogens (tertiary/aromatic N) is 1. The lowest BCUT2D eigenvalue weighted by Crippen LogP contribution is -2.09. The van der Waals surface area contributed by atoms with Gasteiger partial charge in [-0.05, 0) is 34.5 Å². The number of hydrogen-bond acceptors (Lipinski definition) is 4. The number of halogens is 3. The highest BCUT2D eigenvalue weighted by Gasteiger charge is 2.19. The molecule has 0 bridgehead atoms. The molecule has 0 amide bonds. The van der Waals surface area contributed by atoms with E-state index in [-0.39, 0.29) is 17.6 Å². The van der Waals surface area contributed by atoms with Crippen LogP contribution in [0.4, 0.5) is 8.78 Å². The summed E-state index contributed by atoms with van der Waals surface area (Å²) in [5.74, 6) is -1.15. The Hall–Kier alpha value is -1.24. The van der Waals surface area contributed by atoms with Gasteiger partial charge in [-0.3, -0.25) is 4.79 Å². The van der Waals surface area contributed by atoms with Gasteiger partial charge in [0.15, 0.2) is 0 Å². The van der Waals surface area contributed by atoms with Crippen LogP contribution in [-0.4, -0.2) is 22.7 Å². The van der Waals surface area contributed by atoms with Crippen molar-refractivity contribution in [3.63, 3.8) is 0 Å². The van der Waals surface area contributed by atoms with E-state index in [0.717, 1.165) is 6.07 Å². The van der Waals surface area contributed by atoms with Crippen molar-refractivity contribution in [1.29, 1.82) is 0 Å². The molecule has 0 saturated heterocycles. The van der Waals surface area contributed by atoms with E-state index in [4.69, 9.17) is 4.74 Å². The minimum absolute atomic E-state index is 0.0960. The van der Waals surface area contributed by atoms with Crippen molar-refractivity contribution < 1.29 is 23.4 Å². The van der Waals surface area contributed by atoms with E-state index in [1.54, 1.807) is 6.92 Å². The van der Waals surface area contributed by atoms with Gasteiger partial charge in [-0.1, -0.05) is 0 Å². The van der Waals surface area contributed by atoms with Crippen LogP contribution >= 0.6 is 15.9 Å². The maximum absolute atomic E-state index is 12.4. The molecule has 1 N–H and O–H groups in total. The average molecular weight is 310 g/mol. The van der Waals surface area contributed by atoms with Crippen molar-refractivity contribution in [3.05, 3.63) is 21.9 Å². The van der Waals surface area contributed by atoms with E-state index in [1.807, 2.05) is 0 Å². The Morgan fingerprint density at radius 1 is 1.65 bits per heavy atom. The molecule has 1 rings (SSSR count). The zero-order valence-corrected chi connectivity index (χ0v) is 10.5. The predicted molar refractivity (Wildman–Crippen MR) is 58.9 cm³/mol. The van der Waals surface area contributed by atoms with E-state index in [2.05, 4.69) is 20.9 Å². The van der Waals surface area contributed by atoms with Crippen LogP contribution in [0.15, 0.2) is 10.7 Å². The number of aromatic nitrogens is 1. The molecule has 1 aromatic rings. The molecule has 17 heavy (non-hydrogen) atoms. The average Bonchev–Trinajstić information content (AvgIpc) is 2.22. The van der Waals surface area contributed by atoms with Gasteiger partial charge in [0.05, 0.1) is 13.0 Å². The SMILES string of the molecule is CCOC(=O)Cc1cc(O)c(C(F)F)nc1Br. The lowest BCUT2D eigenvalue weighted by molar-refractivity contribution is -0.142. The molecular weight excluding hydrogens is 300 g/mol. The Balaban J connectivity index is 2.95. The van der Waals surface area contributed by atoms with E-state index in [1.165, 1.54) is 0 Å². The van der Waals surface area contributed by atoms with Gasteiger partial charge < -0.3 is 9.84 Å². The quantitative estimate of drug-likeness (QED) is 0.686. The molecule has 0 aromatic carbocycles. The standard InChI is InChI=1S/C10H10BrF2NO3/c1-2-17-7(16)4-5-3-6(15)8(10(12)13)14-9(5)11/h3,10,15H,2,4H2,1H3. The predicted octanol–water partition coefficient (Wildman–Crippen LogP) is 2.59. The molecule has 94 valence electrons. The molecule has 7 heteroatoms. The highest BCUT2D eigenvalue weighted by molar-refractivity contribution is 9.10. The first kappa shape index (κ1) is 13.8. The molecule has 0 radical (unpaired) electrons. The third-order valence-corrected chi connectivity index (χ3v) is 2.59. The number of alkyl halides is 2. The Kier molecular flexibility index (Phi) is 4.80. The van der Waals surface area contributed by atoms with Gasteiger partial charge in [0.25, 0.3) is 6.43 Å². The molecule has 0 fully saturated rings. The molecule has 0 spiro atoms. The van der Waals surface area contributed by atoms with Crippen LogP contribution < -0.4 is 0 Å². The number of carbonyl (C=O) groups excluding carboxylic acids is 1. The molecule has 0 aliphatic heterocycles. The van der Waals surface area contributed by atoms with Crippen LogP contribution in [-0.2, 0) is 16.0 Å². The minimum Gasteiger partial charge on any atom is -0.506 e. The second-order valence-electron chi connectivity index (χ2n) is 3.13. The largest absolute Gasteiger partial charge is 0.506 e. The lowest BCUT2D eigenvalue weighted by Gasteiger charge is -2.08. The molecule has 1 aromatic heterocycles. The van der Waals surface area contributed by atoms with Gasteiger partial charge in [0.1, 0.15) is 16.0 Å². The van der Waals surface area contributed by atoms with Crippen LogP contribution in [0.2, 0.25) is 0 Å². The number of carbonyl (C=O) groups is 1. The van der Waals surface area contributed by atoms with E-state index in [9.17, 15) is 18.7 Å². The Morgan fingerprint density at radius 3 is 2.82 bits per heavy atom. The summed E-state index contributed by atoms with van der Waals surface area (Å²) >= 11 is 2.97. The fraction of sp³-hybridized carbons (Fsp3) is 0.400. The fourth-order valence-electron chi connectivity index (χ4n) is 1.19. The molecule has 0 aliphatic rings. The zero-order chi connectivity index (χ0) is 13.0. The number of esters is 1. The number of aromatic hydroxyl groups is 1. The maximum Gasteiger partial charge on any atom is 0.310 e. The summed E-state index contributed by atoms with van der Waals surface area (Å²) < 4.78 is 29.6. The number of hydrogen-bond donors (Lipinski definition) is 1. The van der Waals surface area contributed by atoms with Gasteiger partial charge in [-0.15, -0.1) is 0 Å². The van der Waals surface area contributed by atoms with Crippen molar-refractivity contribution in [2.24, 2.45) is 0 Å². The first-order chi connectivity index (χ1) is 7.95. The summed E-state index contributed by atoms with van der Waals surface area (Å²) in [5, 5.41) is 9.31. The molecular formula is C10H10BrF2NO3. The summed E-state index contributed by atoms with van der Waals surface area (Å²) in [6, 6.07) is 1.08. The van der Waals surface area contributed by atoms with E-state index >= 15 is 0 Å². The van der Waals surface area contributed by atoms with Crippen LogP contribution in [0, 0.1) is 0 Å². The number of pyridine rings is 1. The highest BCUT2D eigenvalue weighted by Crippen LogP contribution is 2.30. The van der Waals surface area contributed by atoms with Gasteiger partial charge >= 0.3 is 5.97 Å². The monoisotopic (exact) mass is 309 g/mol. The molecule has 0 atom stereocenters. The smallest absolute Gasteiger partial charge is 0.310 e. The second kappa shape index (κ2) is 5.90. The van der Waals surface area contributed by atoms with Gasteiger partial charge in [0, 0.05) is 0 Å². The number of rotatable bonds is 4. The van der Waals surface area contributed by atoms with Crippen molar-refractivity contribution >= 4 is 21.9 Å². The summed E-state index contributed by atoms with van der Waals surface area (Å²) in [7, 11) is 0. The van der Waals surface area contributed by atoms with Gasteiger partial charge in [-0.25, -0.2) is 13.8 Å². The normalized spacial score (nSPS) is 10.6. The summed E-state index contributed by atoms with van der Waals surface area (Å²) in [6.07, 6.45) is -3.01. The Bertz CT molecular complexity index is 426. The van der Waals surface area contributed by atoms with Crippen LogP contribution in [0.5, 0.6) is 5.75 Å². The summed E-state index contributed by atoms with van der Waals surface area (Å²) in [6.45, 7) is 1.88. The Labute approximate surface area is 105 Å². The van der Waals surface area contributed by atoms with Crippen molar-refractivity contribution in [3.8, 4) is 5.75 Å². The van der Waals surface area contributed by atoms with Gasteiger partial charge in [0.2, 0.25) is 0 Å². The van der Waals surface area contributed by atoms with E-state index in [0.29, 0.717) is 5.56 Å². The van der Waals surface area contributed by atoms with Crippen molar-refractivity contribution in [2.75, 3.05) is 6.61 Å². The molecule has 4 nitrogen and oxygen atoms in total. The van der Waals surface area contributed by atoms with E-state index < -0.39 is 23.8 Å². The third kappa shape index (κ3) is 3.62. The van der Waals surface area contributed by atoms with Crippen LogP contribution in [0.25, 0.3) is 0 Å². The fourth-order valence-corrected chi connectivity index (χ4v) is 1.63. The number of ether oxygens (including phenoxy) is 1. The zero-order valence-electron chi connectivity index (χ0n) is 8.91. The summed E-state index contributed by atoms with van der Waals surface area (Å²) in [4.78, 5) is 14.7. The molecule has 1 heterocycles. The molecule has 0 saturated carbocycles. The third-order valence-electron chi connectivity index (χ3n) is 1.90. The first-order valence-corrected chi connectivity index (χ1v) is 5.57. The first-order valence-electron chi connectivity index (χ1n) is 4.77. The topological polar surface area (TPSA) is 59.4 Å². The Morgan fingerprint density at radius 2 is 2.29 bits per heavy atom. The van der Waals surface area contributed by atoms with Crippen LogP contribution in [0.1, 0.15) is 24.6 Å². The lowest BCUT2D eigenvalue weighted by atomic mass is 10.2. The minimum atomic E-state index is -2.87. The van der Waals surface area contributed by atoms with Crippen LogP contribution in [0.3, 0.4) is 0 Å². The highest BCUT2D eigenvalue weighted by atomic mass is 79.9. The molecule has 0 unspecified atom stereocenters.